The predicted octanol–water partition coefficient (Wildman–Crippen LogP) is 0.809. The molecule has 22 heavy (non-hydrogen) atoms. The van der Waals surface area contributed by atoms with Gasteiger partial charge in [0, 0.05) is 19.8 Å². The van der Waals surface area contributed by atoms with E-state index in [-0.39, 0.29) is 11.4 Å². The van der Waals surface area contributed by atoms with Crippen LogP contribution in [0.25, 0.3) is 0 Å². The van der Waals surface area contributed by atoms with Crippen molar-refractivity contribution in [3.05, 3.63) is 29.8 Å². The average molecular weight is 326 g/mol. The summed E-state index contributed by atoms with van der Waals surface area (Å²) in [6, 6.07) is 6.71. The van der Waals surface area contributed by atoms with Gasteiger partial charge in [0.1, 0.15) is 0 Å². The fraction of sp³-hybridized carbons (Fsp3) is 0.533. The summed E-state index contributed by atoms with van der Waals surface area (Å²) in [6.45, 7) is 2.83. The molecule has 0 saturated carbocycles. The van der Waals surface area contributed by atoms with E-state index in [9.17, 15) is 13.2 Å². The number of carbonyl (C=O) groups is 1. The first kappa shape index (κ1) is 16.9. The topological polar surface area (TPSA) is 98.5 Å². The number of benzene rings is 1. The molecule has 0 radical (unpaired) electrons. The molecule has 7 heteroatoms. The molecule has 0 aromatic heterocycles. The van der Waals surface area contributed by atoms with E-state index in [1.54, 1.807) is 24.3 Å². The minimum Gasteiger partial charge on any atom is -0.381 e. The van der Waals surface area contributed by atoms with E-state index in [1.165, 1.54) is 0 Å². The molecule has 6 nitrogen and oxygen atoms in total. The fourth-order valence-electron chi connectivity index (χ4n) is 2.49. The van der Waals surface area contributed by atoms with Crippen molar-refractivity contribution in [3.63, 3.8) is 0 Å². The smallest absolute Gasteiger partial charge is 0.240 e. The standard InChI is InChI=1S/C15H22N2O4S/c1-2-12-3-5-13(6-4-12)22(19,20)17-11-15(14(16)18)7-9-21-10-8-15/h3-6,17H,2,7-11H2,1H3,(H2,16,18). The van der Waals surface area contributed by atoms with Crippen LogP contribution in [-0.2, 0) is 26.0 Å². The molecule has 0 bridgehead atoms. The van der Waals surface area contributed by atoms with Gasteiger partial charge in [-0.05, 0) is 37.0 Å². The minimum absolute atomic E-state index is 0.00353. The van der Waals surface area contributed by atoms with Gasteiger partial charge >= 0.3 is 0 Å². The van der Waals surface area contributed by atoms with Gasteiger partial charge in [-0.1, -0.05) is 19.1 Å². The van der Waals surface area contributed by atoms with Gasteiger partial charge in [-0.25, -0.2) is 13.1 Å². The summed E-state index contributed by atoms with van der Waals surface area (Å²) in [7, 11) is -3.65. The van der Waals surface area contributed by atoms with E-state index in [0.717, 1.165) is 12.0 Å². The Morgan fingerprint density at radius 1 is 1.27 bits per heavy atom. The molecule has 2 rings (SSSR count). The number of ether oxygens (including phenoxy) is 1. The van der Waals surface area contributed by atoms with Crippen LogP contribution in [0.5, 0.6) is 0 Å². The van der Waals surface area contributed by atoms with Crippen molar-refractivity contribution in [2.75, 3.05) is 19.8 Å². The molecule has 0 unspecified atom stereocenters. The average Bonchev–Trinajstić information content (AvgIpc) is 2.54. The molecule has 0 aliphatic carbocycles. The van der Waals surface area contributed by atoms with E-state index in [2.05, 4.69) is 4.72 Å². The predicted molar refractivity (Wildman–Crippen MR) is 82.7 cm³/mol. The monoisotopic (exact) mass is 326 g/mol. The number of sulfonamides is 1. The Labute approximate surface area is 131 Å². The molecule has 1 aromatic carbocycles. The van der Waals surface area contributed by atoms with Crippen LogP contribution in [0.3, 0.4) is 0 Å². The number of nitrogens with two attached hydrogens (primary N) is 1. The van der Waals surface area contributed by atoms with Crippen molar-refractivity contribution in [2.24, 2.45) is 11.1 Å². The third kappa shape index (κ3) is 3.66. The highest BCUT2D eigenvalue weighted by Gasteiger charge is 2.39. The van der Waals surface area contributed by atoms with E-state index in [4.69, 9.17) is 10.5 Å². The van der Waals surface area contributed by atoms with E-state index in [0.29, 0.717) is 26.1 Å². The molecule has 0 spiro atoms. The van der Waals surface area contributed by atoms with Crippen molar-refractivity contribution < 1.29 is 17.9 Å². The van der Waals surface area contributed by atoms with Gasteiger partial charge < -0.3 is 10.5 Å². The van der Waals surface area contributed by atoms with Crippen LogP contribution in [0.15, 0.2) is 29.2 Å². The molecule has 1 aromatic rings. The summed E-state index contributed by atoms with van der Waals surface area (Å²) >= 11 is 0. The number of aryl methyl sites for hydroxylation is 1. The Kier molecular flexibility index (Phi) is 5.20. The maximum Gasteiger partial charge on any atom is 0.240 e. The zero-order chi connectivity index (χ0) is 16.2. The number of nitrogens with one attached hydrogen (secondary N) is 1. The lowest BCUT2D eigenvalue weighted by atomic mass is 9.80. The molecule has 1 aliphatic rings. The second kappa shape index (κ2) is 6.76. The normalized spacial score (nSPS) is 18.0. The maximum atomic E-state index is 12.3. The largest absolute Gasteiger partial charge is 0.381 e. The van der Waals surface area contributed by atoms with Gasteiger partial charge in [0.2, 0.25) is 15.9 Å². The van der Waals surface area contributed by atoms with Gasteiger partial charge in [0.05, 0.1) is 10.3 Å². The van der Waals surface area contributed by atoms with Gasteiger partial charge in [0.15, 0.2) is 0 Å². The number of hydrogen-bond donors (Lipinski definition) is 2. The first-order valence-electron chi connectivity index (χ1n) is 7.36. The molecule has 122 valence electrons. The molecule has 0 atom stereocenters. The molecule has 1 amide bonds. The zero-order valence-corrected chi connectivity index (χ0v) is 13.5. The van der Waals surface area contributed by atoms with E-state index >= 15 is 0 Å². The Hall–Kier alpha value is -1.44. The quantitative estimate of drug-likeness (QED) is 0.808. The summed E-state index contributed by atoms with van der Waals surface area (Å²) in [5.74, 6) is -0.486. The lowest BCUT2D eigenvalue weighted by Gasteiger charge is -2.34. The minimum atomic E-state index is -3.65. The Morgan fingerprint density at radius 2 is 1.86 bits per heavy atom. The van der Waals surface area contributed by atoms with Crippen LogP contribution < -0.4 is 10.5 Å². The van der Waals surface area contributed by atoms with Crippen LogP contribution in [0.4, 0.5) is 0 Å². The second-order valence-electron chi connectivity index (χ2n) is 5.58. The Balaban J connectivity index is 2.12. The summed E-state index contributed by atoms with van der Waals surface area (Å²) < 4.78 is 32.4. The SMILES string of the molecule is CCc1ccc(S(=O)(=O)NCC2(C(N)=O)CCOCC2)cc1. The van der Waals surface area contributed by atoms with Crippen molar-refractivity contribution in [1.82, 2.24) is 4.72 Å². The molecular weight excluding hydrogens is 304 g/mol. The van der Waals surface area contributed by atoms with Crippen molar-refractivity contribution in [2.45, 2.75) is 31.1 Å². The maximum absolute atomic E-state index is 12.3. The van der Waals surface area contributed by atoms with Crippen LogP contribution in [-0.4, -0.2) is 34.1 Å². The van der Waals surface area contributed by atoms with Crippen molar-refractivity contribution in [3.8, 4) is 0 Å². The number of carbonyl (C=O) groups excluding carboxylic acids is 1. The first-order chi connectivity index (χ1) is 10.4. The van der Waals surface area contributed by atoms with E-state index in [1.807, 2.05) is 6.92 Å². The first-order valence-corrected chi connectivity index (χ1v) is 8.84. The number of rotatable bonds is 6. The Bertz CT molecular complexity index is 619. The third-order valence-electron chi connectivity index (χ3n) is 4.22. The van der Waals surface area contributed by atoms with Crippen LogP contribution in [0.1, 0.15) is 25.3 Å². The van der Waals surface area contributed by atoms with Crippen molar-refractivity contribution in [1.29, 1.82) is 0 Å². The molecule has 1 heterocycles. The zero-order valence-electron chi connectivity index (χ0n) is 12.7. The number of amides is 1. The molecule has 3 N–H and O–H groups in total. The van der Waals surface area contributed by atoms with Gasteiger partial charge in [-0.3, -0.25) is 4.79 Å². The summed E-state index contributed by atoms with van der Waals surface area (Å²) in [6.07, 6.45) is 1.71. The summed E-state index contributed by atoms with van der Waals surface area (Å²) in [5, 5.41) is 0. The van der Waals surface area contributed by atoms with Crippen LogP contribution in [0, 0.1) is 5.41 Å². The highest BCUT2D eigenvalue weighted by molar-refractivity contribution is 7.89. The highest BCUT2D eigenvalue weighted by atomic mass is 32.2. The van der Waals surface area contributed by atoms with Crippen LogP contribution >= 0.6 is 0 Å². The fourth-order valence-corrected chi connectivity index (χ4v) is 3.62. The summed E-state index contributed by atoms with van der Waals surface area (Å²) in [5.41, 5.74) is 5.68. The second-order valence-corrected chi connectivity index (χ2v) is 7.35. The third-order valence-corrected chi connectivity index (χ3v) is 5.63. The number of hydrogen-bond acceptors (Lipinski definition) is 4. The number of primary amides is 1. The summed E-state index contributed by atoms with van der Waals surface area (Å²) in [4.78, 5) is 11.9. The Morgan fingerprint density at radius 3 is 2.36 bits per heavy atom. The van der Waals surface area contributed by atoms with Gasteiger partial charge in [0.25, 0.3) is 0 Å². The molecule has 1 aliphatic heterocycles. The van der Waals surface area contributed by atoms with Gasteiger partial charge in [-0.2, -0.15) is 0 Å². The highest BCUT2D eigenvalue weighted by Crippen LogP contribution is 2.30. The lowest BCUT2D eigenvalue weighted by Crippen LogP contribution is -2.49. The molecule has 1 saturated heterocycles. The lowest BCUT2D eigenvalue weighted by molar-refractivity contribution is -0.132. The van der Waals surface area contributed by atoms with Crippen molar-refractivity contribution >= 4 is 15.9 Å². The molecule has 1 fully saturated rings. The van der Waals surface area contributed by atoms with Crippen LogP contribution in [0.2, 0.25) is 0 Å². The molecular formula is C15H22N2O4S. The van der Waals surface area contributed by atoms with E-state index < -0.39 is 21.3 Å². The van der Waals surface area contributed by atoms with Gasteiger partial charge in [-0.15, -0.1) is 0 Å².